The molecular formula is C19H14Cl2N6O3. The van der Waals surface area contributed by atoms with Gasteiger partial charge in [0.25, 0.3) is 5.56 Å². The fraction of sp³-hybridized carbons (Fsp3) is 0.211. The Bertz CT molecular complexity index is 1290. The summed E-state index contributed by atoms with van der Waals surface area (Å²) in [6.45, 7) is 6.05. The van der Waals surface area contributed by atoms with E-state index in [1.165, 1.54) is 12.1 Å². The molecule has 0 saturated carbocycles. The van der Waals surface area contributed by atoms with Crippen molar-refractivity contribution in [3.8, 4) is 17.5 Å². The number of hydrogen-bond acceptors (Lipinski definition) is 7. The van der Waals surface area contributed by atoms with Crippen molar-refractivity contribution < 1.29 is 4.74 Å². The van der Waals surface area contributed by atoms with Gasteiger partial charge < -0.3 is 4.74 Å². The number of hydrazone groups is 1. The Morgan fingerprint density at radius 2 is 2.03 bits per heavy atom. The monoisotopic (exact) mass is 444 g/mol. The van der Waals surface area contributed by atoms with E-state index in [-0.39, 0.29) is 27.4 Å². The highest BCUT2D eigenvalue weighted by atomic mass is 35.5. The fourth-order valence-corrected chi connectivity index (χ4v) is 3.98. The first kappa shape index (κ1) is 19.9. The van der Waals surface area contributed by atoms with Crippen molar-refractivity contribution in [3.63, 3.8) is 0 Å². The number of aromatic nitrogens is 3. The van der Waals surface area contributed by atoms with Crippen LogP contribution >= 0.6 is 23.2 Å². The number of aromatic amines is 1. The second kappa shape index (κ2) is 7.48. The molecule has 0 radical (unpaired) electrons. The molecule has 0 bridgehead atoms. The van der Waals surface area contributed by atoms with Crippen LogP contribution in [-0.4, -0.2) is 20.7 Å². The minimum atomic E-state index is -0.880. The van der Waals surface area contributed by atoms with Crippen LogP contribution in [0.25, 0.3) is 5.69 Å². The molecule has 0 spiro atoms. The molecule has 2 aliphatic rings. The zero-order valence-corrected chi connectivity index (χ0v) is 17.1. The molecule has 152 valence electrons. The Labute approximate surface area is 179 Å². The Morgan fingerprint density at radius 1 is 1.33 bits per heavy atom. The predicted octanol–water partition coefficient (Wildman–Crippen LogP) is 2.63. The smallest absolute Gasteiger partial charge is 0.349 e. The highest BCUT2D eigenvalue weighted by Gasteiger charge is 2.32. The van der Waals surface area contributed by atoms with Gasteiger partial charge in [0.05, 0.1) is 21.4 Å². The molecule has 2 heterocycles. The van der Waals surface area contributed by atoms with Crippen LogP contribution in [0.3, 0.4) is 0 Å². The molecule has 2 aromatic rings. The topological polar surface area (TPSA) is 125 Å². The zero-order chi connectivity index (χ0) is 21.6. The van der Waals surface area contributed by atoms with Crippen molar-refractivity contribution in [2.24, 2.45) is 11.0 Å². The van der Waals surface area contributed by atoms with Crippen LogP contribution in [0, 0.1) is 17.2 Å². The van der Waals surface area contributed by atoms with Gasteiger partial charge in [0.15, 0.2) is 5.75 Å². The lowest BCUT2D eigenvalue weighted by Crippen LogP contribution is -2.33. The van der Waals surface area contributed by atoms with E-state index in [9.17, 15) is 9.59 Å². The lowest BCUT2D eigenvalue weighted by molar-refractivity contribution is 0.527. The molecule has 1 aromatic carbocycles. The molecule has 1 atom stereocenters. The summed E-state index contributed by atoms with van der Waals surface area (Å²) >= 11 is 12.7. The molecule has 1 aliphatic heterocycles. The van der Waals surface area contributed by atoms with E-state index >= 15 is 0 Å². The number of nitrogens with one attached hydrogen (secondary N) is 2. The summed E-state index contributed by atoms with van der Waals surface area (Å²) in [5.74, 6) is 0.742. The second-order valence-corrected chi connectivity index (χ2v) is 7.63. The summed E-state index contributed by atoms with van der Waals surface area (Å²) in [7, 11) is 0. The highest BCUT2D eigenvalue weighted by molar-refractivity contribution is 6.37. The van der Waals surface area contributed by atoms with E-state index in [0.29, 0.717) is 5.90 Å². The van der Waals surface area contributed by atoms with Gasteiger partial charge in [0, 0.05) is 5.57 Å². The highest BCUT2D eigenvalue weighted by Crippen LogP contribution is 2.40. The molecule has 0 amide bonds. The number of halogens is 2. The van der Waals surface area contributed by atoms with Crippen molar-refractivity contribution >= 4 is 29.1 Å². The van der Waals surface area contributed by atoms with Gasteiger partial charge in [-0.2, -0.15) is 9.94 Å². The van der Waals surface area contributed by atoms with Gasteiger partial charge in [-0.05, 0) is 36.5 Å². The van der Waals surface area contributed by atoms with E-state index in [4.69, 9.17) is 33.2 Å². The first-order chi connectivity index (χ1) is 14.3. The van der Waals surface area contributed by atoms with Crippen LogP contribution in [0.5, 0.6) is 5.75 Å². The Balaban J connectivity index is 1.74. The molecule has 4 rings (SSSR count). The van der Waals surface area contributed by atoms with Crippen molar-refractivity contribution in [3.05, 3.63) is 72.1 Å². The number of ether oxygens (including phenoxy) is 1. The lowest BCUT2D eigenvalue weighted by atomic mass is 10.0. The van der Waals surface area contributed by atoms with E-state index in [0.717, 1.165) is 34.4 Å². The van der Waals surface area contributed by atoms with Crippen LogP contribution in [0.15, 0.2) is 50.2 Å². The Kier molecular flexibility index (Phi) is 4.97. The summed E-state index contributed by atoms with van der Waals surface area (Å²) in [6.07, 6.45) is 1.82. The Morgan fingerprint density at radius 3 is 2.70 bits per heavy atom. The van der Waals surface area contributed by atoms with Gasteiger partial charge in [-0.25, -0.2) is 4.79 Å². The van der Waals surface area contributed by atoms with Crippen molar-refractivity contribution in [1.29, 1.82) is 5.26 Å². The first-order valence-electron chi connectivity index (χ1n) is 8.87. The van der Waals surface area contributed by atoms with Gasteiger partial charge in [0.1, 0.15) is 6.07 Å². The maximum Gasteiger partial charge on any atom is 0.349 e. The summed E-state index contributed by atoms with van der Waals surface area (Å²) in [6, 6.07) is 4.39. The standard InChI is InChI=1S/C19H14Cl2N6O3/c1-8-3-4-11-9(2)24-25-18(15(8)11)30-16-12(20)5-10(6-13(16)21)27-19(29)23-17(28)14(7-22)26-27/h5-6,8,24H,2-4H2,1H3,(H,23,28,29). The maximum absolute atomic E-state index is 12.1. The zero-order valence-electron chi connectivity index (χ0n) is 15.6. The van der Waals surface area contributed by atoms with E-state index in [1.54, 1.807) is 6.07 Å². The fourth-order valence-electron chi connectivity index (χ4n) is 3.43. The first-order valence-corrected chi connectivity index (χ1v) is 9.63. The molecule has 1 unspecified atom stereocenters. The summed E-state index contributed by atoms with van der Waals surface area (Å²) < 4.78 is 6.77. The number of rotatable bonds is 2. The molecule has 0 saturated heterocycles. The average Bonchev–Trinajstić information content (AvgIpc) is 3.09. The number of nitriles is 1. The van der Waals surface area contributed by atoms with Crippen molar-refractivity contribution in [2.75, 3.05) is 0 Å². The number of hydrogen-bond donors (Lipinski definition) is 2. The van der Waals surface area contributed by atoms with Crippen molar-refractivity contribution in [2.45, 2.75) is 19.8 Å². The SMILES string of the molecule is C=C1NN=C(Oc2c(Cl)cc(-n3nc(C#N)c(=O)[nH]c3=O)cc2Cl)C2=C1CCC2C. The number of nitrogens with zero attached hydrogens (tertiary/aromatic N) is 4. The number of H-pyrrole nitrogens is 1. The lowest BCUT2D eigenvalue weighted by Gasteiger charge is -2.21. The van der Waals surface area contributed by atoms with Gasteiger partial charge in [-0.15, -0.1) is 10.2 Å². The minimum Gasteiger partial charge on any atom is -0.434 e. The van der Waals surface area contributed by atoms with E-state index in [1.807, 2.05) is 4.98 Å². The van der Waals surface area contributed by atoms with Crippen LogP contribution in [0.4, 0.5) is 0 Å². The molecule has 0 fully saturated rings. The second-order valence-electron chi connectivity index (χ2n) is 6.81. The van der Waals surface area contributed by atoms with Crippen LogP contribution in [-0.2, 0) is 0 Å². The minimum absolute atomic E-state index is 0.0933. The number of benzene rings is 1. The normalized spacial score (nSPS) is 17.9. The third-order valence-electron chi connectivity index (χ3n) is 4.89. The van der Waals surface area contributed by atoms with Gasteiger partial charge in [-0.3, -0.25) is 15.2 Å². The third kappa shape index (κ3) is 3.30. The third-order valence-corrected chi connectivity index (χ3v) is 5.45. The van der Waals surface area contributed by atoms with Crippen LogP contribution in [0.1, 0.15) is 25.5 Å². The molecule has 2 N–H and O–H groups in total. The average molecular weight is 445 g/mol. The molecule has 30 heavy (non-hydrogen) atoms. The maximum atomic E-state index is 12.1. The Hall–Kier alpha value is -3.35. The van der Waals surface area contributed by atoms with Gasteiger partial charge >= 0.3 is 5.69 Å². The van der Waals surface area contributed by atoms with E-state index < -0.39 is 16.9 Å². The quantitative estimate of drug-likeness (QED) is 0.732. The molecule has 9 nitrogen and oxygen atoms in total. The summed E-state index contributed by atoms with van der Waals surface area (Å²) in [4.78, 5) is 25.7. The summed E-state index contributed by atoms with van der Waals surface area (Å²) in [5.41, 5.74) is 3.57. The molecule has 1 aliphatic carbocycles. The van der Waals surface area contributed by atoms with Crippen LogP contribution < -0.4 is 21.4 Å². The van der Waals surface area contributed by atoms with Crippen molar-refractivity contribution in [1.82, 2.24) is 20.2 Å². The molecular weight excluding hydrogens is 431 g/mol. The number of allylic oxidation sites excluding steroid dienone is 1. The summed E-state index contributed by atoms with van der Waals surface area (Å²) in [5, 5.41) is 17.1. The van der Waals surface area contributed by atoms with Gasteiger partial charge in [-0.1, -0.05) is 36.7 Å². The van der Waals surface area contributed by atoms with Gasteiger partial charge in [0.2, 0.25) is 11.6 Å². The predicted molar refractivity (Wildman–Crippen MR) is 111 cm³/mol. The van der Waals surface area contributed by atoms with Crippen LogP contribution in [0.2, 0.25) is 10.0 Å². The molecule has 11 heteroatoms. The molecule has 1 aromatic heterocycles. The largest absolute Gasteiger partial charge is 0.434 e. The van der Waals surface area contributed by atoms with E-state index in [2.05, 4.69) is 29.1 Å².